The second-order valence-electron chi connectivity index (χ2n) is 5.39. The van der Waals surface area contributed by atoms with Gasteiger partial charge in [0.15, 0.2) is 11.5 Å². The van der Waals surface area contributed by atoms with Gasteiger partial charge >= 0.3 is 5.97 Å². The van der Waals surface area contributed by atoms with Gasteiger partial charge in [0.05, 0.1) is 32.0 Å². The molecule has 3 rings (SSSR count). The molecule has 0 unspecified atom stereocenters. The fourth-order valence-electron chi connectivity index (χ4n) is 2.34. The first kappa shape index (κ1) is 17.9. The van der Waals surface area contributed by atoms with Crippen LogP contribution in [0.2, 0.25) is 0 Å². The van der Waals surface area contributed by atoms with E-state index in [1.54, 1.807) is 32.5 Å². The van der Waals surface area contributed by atoms with Gasteiger partial charge in [-0.1, -0.05) is 12.1 Å². The van der Waals surface area contributed by atoms with Crippen LogP contribution in [-0.4, -0.2) is 30.2 Å². The third-order valence-corrected chi connectivity index (χ3v) is 4.53. The van der Waals surface area contributed by atoms with E-state index in [0.29, 0.717) is 17.2 Å². The molecule has 6 nitrogen and oxygen atoms in total. The summed E-state index contributed by atoms with van der Waals surface area (Å²) in [4.78, 5) is 20.8. The highest BCUT2D eigenvalue weighted by atomic mass is 32.1. The summed E-state index contributed by atoms with van der Waals surface area (Å²) in [5, 5.41) is 2.67. The van der Waals surface area contributed by atoms with Gasteiger partial charge in [-0.25, -0.2) is 4.98 Å². The van der Waals surface area contributed by atoms with Crippen molar-refractivity contribution in [3.63, 3.8) is 0 Å². The van der Waals surface area contributed by atoms with Gasteiger partial charge in [-0.3, -0.25) is 9.78 Å². The number of aromatic nitrogens is 2. The minimum Gasteiger partial charge on any atom is -0.493 e. The molecule has 7 heteroatoms. The van der Waals surface area contributed by atoms with Crippen molar-refractivity contribution in [1.29, 1.82) is 0 Å². The minimum atomic E-state index is -0.329. The molecule has 2 aromatic heterocycles. The molecular weight excluding hydrogens is 352 g/mol. The Morgan fingerprint density at radius 1 is 1.12 bits per heavy atom. The van der Waals surface area contributed by atoms with Gasteiger partial charge in [0.1, 0.15) is 11.6 Å². The lowest BCUT2D eigenvalue weighted by Crippen LogP contribution is -2.08. The second kappa shape index (κ2) is 8.44. The van der Waals surface area contributed by atoms with Crippen LogP contribution in [-0.2, 0) is 22.6 Å². The number of rotatable bonds is 7. The molecule has 0 aliphatic carbocycles. The van der Waals surface area contributed by atoms with Crippen LogP contribution in [0.1, 0.15) is 11.3 Å². The fourth-order valence-corrected chi connectivity index (χ4v) is 3.12. The van der Waals surface area contributed by atoms with Crippen molar-refractivity contribution in [1.82, 2.24) is 9.97 Å². The zero-order valence-corrected chi connectivity index (χ0v) is 15.3. The zero-order valence-electron chi connectivity index (χ0n) is 14.5. The Hall–Kier alpha value is -2.93. The Kier molecular flexibility index (Phi) is 5.80. The number of nitrogens with zero attached hydrogens (tertiary/aromatic N) is 2. The number of hydrogen-bond donors (Lipinski definition) is 0. The molecule has 0 saturated heterocycles. The van der Waals surface area contributed by atoms with Gasteiger partial charge in [0.25, 0.3) is 0 Å². The lowest BCUT2D eigenvalue weighted by molar-refractivity contribution is -0.144. The van der Waals surface area contributed by atoms with Crippen molar-refractivity contribution >= 4 is 17.3 Å². The molecule has 3 aromatic rings. The SMILES string of the molecule is COc1ccc(CC(=O)OCc2csc(-c3ccccn3)n2)cc1OC. The number of hydrogen-bond acceptors (Lipinski definition) is 7. The van der Waals surface area contributed by atoms with Crippen molar-refractivity contribution in [3.05, 3.63) is 59.2 Å². The molecule has 0 atom stereocenters. The summed E-state index contributed by atoms with van der Waals surface area (Å²) in [6.45, 7) is 0.134. The van der Waals surface area contributed by atoms with Crippen LogP contribution in [0.25, 0.3) is 10.7 Å². The Balaban J connectivity index is 1.57. The van der Waals surface area contributed by atoms with Crippen molar-refractivity contribution in [3.8, 4) is 22.2 Å². The normalized spacial score (nSPS) is 10.4. The molecule has 0 saturated carbocycles. The quantitative estimate of drug-likeness (QED) is 0.593. The monoisotopic (exact) mass is 370 g/mol. The number of ether oxygens (including phenoxy) is 3. The Morgan fingerprint density at radius 2 is 1.96 bits per heavy atom. The number of pyridine rings is 1. The van der Waals surface area contributed by atoms with Crippen LogP contribution < -0.4 is 9.47 Å². The first-order valence-electron chi connectivity index (χ1n) is 7.92. The number of methoxy groups -OCH3 is 2. The molecule has 0 fully saturated rings. The maximum atomic E-state index is 12.1. The number of thiazole rings is 1. The van der Waals surface area contributed by atoms with E-state index >= 15 is 0 Å². The summed E-state index contributed by atoms with van der Waals surface area (Å²) >= 11 is 1.47. The standard InChI is InChI=1S/C19H18N2O4S/c1-23-16-7-6-13(9-17(16)24-2)10-18(22)25-11-14-12-26-19(21-14)15-5-3-4-8-20-15/h3-9,12H,10-11H2,1-2H3. The Labute approximate surface area is 155 Å². The number of esters is 1. The molecule has 1 aromatic carbocycles. The number of carbonyl (C=O) groups excluding carboxylic acids is 1. The molecule has 0 radical (unpaired) electrons. The molecule has 0 N–H and O–H groups in total. The van der Waals surface area contributed by atoms with E-state index < -0.39 is 0 Å². The molecule has 134 valence electrons. The predicted octanol–water partition coefficient (Wildman–Crippen LogP) is 3.51. The maximum Gasteiger partial charge on any atom is 0.310 e. The molecule has 0 aliphatic rings. The number of benzene rings is 1. The zero-order chi connectivity index (χ0) is 18.4. The molecule has 0 bridgehead atoms. The highest BCUT2D eigenvalue weighted by molar-refractivity contribution is 7.13. The largest absolute Gasteiger partial charge is 0.493 e. The van der Waals surface area contributed by atoms with E-state index in [1.165, 1.54) is 11.3 Å². The van der Waals surface area contributed by atoms with E-state index in [1.807, 2.05) is 29.6 Å². The van der Waals surface area contributed by atoms with Gasteiger partial charge in [-0.05, 0) is 29.8 Å². The second-order valence-corrected chi connectivity index (χ2v) is 6.24. The van der Waals surface area contributed by atoms with Crippen molar-refractivity contribution in [2.24, 2.45) is 0 Å². The first-order valence-corrected chi connectivity index (χ1v) is 8.80. The van der Waals surface area contributed by atoms with Crippen LogP contribution in [0.5, 0.6) is 11.5 Å². The lowest BCUT2D eigenvalue weighted by atomic mass is 10.1. The van der Waals surface area contributed by atoms with Gasteiger partial charge in [0, 0.05) is 11.6 Å². The van der Waals surface area contributed by atoms with Crippen LogP contribution in [0.4, 0.5) is 0 Å². The van der Waals surface area contributed by atoms with Crippen molar-refractivity contribution in [2.75, 3.05) is 14.2 Å². The number of carbonyl (C=O) groups is 1. The summed E-state index contributed by atoms with van der Waals surface area (Å²) in [5.74, 6) is 0.871. The predicted molar refractivity (Wildman–Crippen MR) is 98.4 cm³/mol. The van der Waals surface area contributed by atoms with Crippen molar-refractivity contribution < 1.29 is 19.0 Å². The maximum absolute atomic E-state index is 12.1. The molecule has 2 heterocycles. The van der Waals surface area contributed by atoms with E-state index in [4.69, 9.17) is 14.2 Å². The molecular formula is C19H18N2O4S. The Morgan fingerprint density at radius 3 is 2.69 bits per heavy atom. The molecule has 0 aliphatic heterocycles. The third kappa shape index (κ3) is 4.37. The summed E-state index contributed by atoms with van der Waals surface area (Å²) < 4.78 is 15.8. The van der Waals surface area contributed by atoms with Gasteiger partial charge in [-0.15, -0.1) is 11.3 Å². The summed E-state index contributed by atoms with van der Waals surface area (Å²) in [7, 11) is 3.13. The molecule has 0 spiro atoms. The summed E-state index contributed by atoms with van der Waals surface area (Å²) in [6, 6.07) is 11.0. The van der Waals surface area contributed by atoms with Crippen LogP contribution in [0.15, 0.2) is 48.0 Å². The average Bonchev–Trinajstić information content (AvgIpc) is 3.16. The third-order valence-electron chi connectivity index (χ3n) is 3.61. The van der Waals surface area contributed by atoms with Gasteiger partial charge < -0.3 is 14.2 Å². The summed E-state index contributed by atoms with van der Waals surface area (Å²) in [5.41, 5.74) is 2.30. The van der Waals surface area contributed by atoms with Crippen LogP contribution in [0, 0.1) is 0 Å². The summed E-state index contributed by atoms with van der Waals surface area (Å²) in [6.07, 6.45) is 1.87. The highest BCUT2D eigenvalue weighted by Crippen LogP contribution is 2.28. The van der Waals surface area contributed by atoms with Gasteiger partial charge in [0.2, 0.25) is 0 Å². The van der Waals surface area contributed by atoms with E-state index in [-0.39, 0.29) is 19.0 Å². The Bertz CT molecular complexity index is 880. The molecule has 0 amide bonds. The average molecular weight is 370 g/mol. The molecule has 26 heavy (non-hydrogen) atoms. The van der Waals surface area contributed by atoms with E-state index in [2.05, 4.69) is 9.97 Å². The van der Waals surface area contributed by atoms with Crippen molar-refractivity contribution in [2.45, 2.75) is 13.0 Å². The topological polar surface area (TPSA) is 70.5 Å². The van der Waals surface area contributed by atoms with E-state index in [9.17, 15) is 4.79 Å². The van der Waals surface area contributed by atoms with Crippen LogP contribution >= 0.6 is 11.3 Å². The highest BCUT2D eigenvalue weighted by Gasteiger charge is 2.11. The first-order chi connectivity index (χ1) is 12.7. The smallest absolute Gasteiger partial charge is 0.310 e. The lowest BCUT2D eigenvalue weighted by Gasteiger charge is -2.09. The minimum absolute atomic E-state index is 0.134. The fraction of sp³-hybridized carbons (Fsp3) is 0.211. The van der Waals surface area contributed by atoms with E-state index in [0.717, 1.165) is 16.3 Å². The van der Waals surface area contributed by atoms with Gasteiger partial charge in [-0.2, -0.15) is 0 Å². The van der Waals surface area contributed by atoms with Crippen LogP contribution in [0.3, 0.4) is 0 Å².